The van der Waals surface area contributed by atoms with Crippen LogP contribution in [0.25, 0.3) is 10.2 Å². The van der Waals surface area contributed by atoms with Crippen LogP contribution in [0.5, 0.6) is 0 Å². The zero-order valence-electron chi connectivity index (χ0n) is 20.0. The molecule has 5 aromatic rings. The number of fused-ring (bicyclic) bond motifs is 2. The van der Waals surface area contributed by atoms with E-state index in [0.29, 0.717) is 40.1 Å². The topological polar surface area (TPSA) is 83.5 Å². The lowest BCUT2D eigenvalue weighted by Crippen LogP contribution is -2.31. The summed E-state index contributed by atoms with van der Waals surface area (Å²) in [5, 5.41) is 1.09. The molecule has 0 saturated heterocycles. The van der Waals surface area contributed by atoms with Gasteiger partial charge in [-0.1, -0.05) is 47.2 Å². The van der Waals surface area contributed by atoms with Crippen LogP contribution in [0.3, 0.4) is 0 Å². The van der Waals surface area contributed by atoms with E-state index in [1.54, 1.807) is 29.3 Å². The fraction of sp³-hybridized carbons (Fsp3) is 0.107. The van der Waals surface area contributed by atoms with Gasteiger partial charge < -0.3 is 0 Å². The molecule has 1 aliphatic heterocycles. The normalized spacial score (nSPS) is 13.0. The molecule has 10 heteroatoms. The molecule has 0 N–H and O–H groups in total. The van der Waals surface area contributed by atoms with Crippen LogP contribution in [-0.4, -0.2) is 30.8 Å². The average Bonchev–Trinajstić information content (AvgIpc) is 3.56. The highest BCUT2D eigenvalue weighted by Crippen LogP contribution is 2.34. The Labute approximate surface area is 229 Å². The number of rotatable bonds is 6. The lowest BCUT2D eigenvalue weighted by Gasteiger charge is -2.21. The van der Waals surface area contributed by atoms with Gasteiger partial charge in [-0.05, 0) is 72.6 Å². The monoisotopic (exact) mass is 560 g/mol. The van der Waals surface area contributed by atoms with Gasteiger partial charge in [0.25, 0.3) is 15.9 Å². The number of hydrogen-bond acceptors (Lipinski definition) is 6. The van der Waals surface area contributed by atoms with Crippen molar-refractivity contribution >= 4 is 59.9 Å². The molecule has 0 unspecified atom stereocenters. The third-order valence-corrected chi connectivity index (χ3v) is 9.50. The number of hydrogen-bond donors (Lipinski definition) is 0. The number of pyridine rings is 1. The van der Waals surface area contributed by atoms with Crippen molar-refractivity contribution in [3.8, 4) is 0 Å². The first kappa shape index (κ1) is 24.5. The molecule has 1 aliphatic rings. The molecule has 0 fully saturated rings. The number of carbonyl (C=O) groups is 1. The summed E-state index contributed by atoms with van der Waals surface area (Å²) in [6.07, 6.45) is 2.34. The number of carbonyl (C=O) groups excluding carboxylic acids is 1. The van der Waals surface area contributed by atoms with Gasteiger partial charge in [-0.2, -0.15) is 0 Å². The first-order valence-corrected chi connectivity index (χ1v) is 14.5. The smallest absolute Gasteiger partial charge is 0.264 e. The quantitative estimate of drug-likeness (QED) is 0.256. The maximum atomic E-state index is 13.8. The number of benzene rings is 3. The molecule has 6 rings (SSSR count). The van der Waals surface area contributed by atoms with Crippen LogP contribution in [0.1, 0.15) is 21.6 Å². The van der Waals surface area contributed by atoms with Gasteiger partial charge >= 0.3 is 0 Å². The third kappa shape index (κ3) is 4.53. The second-order valence-electron chi connectivity index (χ2n) is 8.80. The molecule has 3 heterocycles. The minimum atomic E-state index is -3.76. The predicted octanol–water partition coefficient (Wildman–Crippen LogP) is 5.94. The average molecular weight is 561 g/mol. The number of sulfonamides is 1. The summed E-state index contributed by atoms with van der Waals surface area (Å²) >= 11 is 7.52. The SMILES string of the molecule is O=C(c1ccc(S(=O)(=O)N2CCc3ccccc32)cc1)N(Cc1ccccn1)c1nc2ccc(Cl)cc2s1. The Morgan fingerprint density at radius 2 is 1.79 bits per heavy atom. The molecule has 0 radical (unpaired) electrons. The Bertz CT molecular complexity index is 1760. The third-order valence-electron chi connectivity index (χ3n) is 6.40. The number of anilines is 2. The van der Waals surface area contributed by atoms with Crippen molar-refractivity contribution < 1.29 is 13.2 Å². The van der Waals surface area contributed by atoms with E-state index in [1.165, 1.54) is 27.8 Å². The van der Waals surface area contributed by atoms with Gasteiger partial charge in [-0.25, -0.2) is 13.4 Å². The van der Waals surface area contributed by atoms with E-state index in [2.05, 4.69) is 9.97 Å². The second-order valence-corrected chi connectivity index (χ2v) is 12.1. The van der Waals surface area contributed by atoms with Crippen LogP contribution in [0.2, 0.25) is 5.02 Å². The van der Waals surface area contributed by atoms with Crippen LogP contribution < -0.4 is 9.21 Å². The minimum absolute atomic E-state index is 0.136. The molecular weight excluding hydrogens is 540 g/mol. The van der Waals surface area contributed by atoms with Gasteiger partial charge in [0.15, 0.2) is 5.13 Å². The molecular formula is C28H21ClN4O3S2. The highest BCUT2D eigenvalue weighted by Gasteiger charge is 2.31. The Balaban J connectivity index is 1.32. The lowest BCUT2D eigenvalue weighted by atomic mass is 10.2. The van der Waals surface area contributed by atoms with Gasteiger partial charge in [0, 0.05) is 23.3 Å². The van der Waals surface area contributed by atoms with E-state index in [0.717, 1.165) is 15.8 Å². The molecule has 3 aromatic carbocycles. The molecule has 2 aromatic heterocycles. The molecule has 1 amide bonds. The molecule has 190 valence electrons. The zero-order chi connectivity index (χ0) is 26.3. The van der Waals surface area contributed by atoms with E-state index in [1.807, 2.05) is 54.6 Å². The predicted molar refractivity (Wildman–Crippen MR) is 151 cm³/mol. The highest BCUT2D eigenvalue weighted by atomic mass is 35.5. The molecule has 0 atom stereocenters. The zero-order valence-corrected chi connectivity index (χ0v) is 22.4. The maximum Gasteiger partial charge on any atom is 0.264 e. The van der Waals surface area contributed by atoms with Crippen molar-refractivity contribution in [3.05, 3.63) is 113 Å². The Kier molecular flexibility index (Phi) is 6.35. The molecule has 7 nitrogen and oxygen atoms in total. The Hall–Kier alpha value is -3.79. The standard InChI is InChI=1S/C28H21ClN4O3S2/c29-21-10-13-24-26(17-21)37-28(31-24)32(18-22-6-3-4-15-30-22)27(34)20-8-11-23(12-9-20)38(35,36)33-16-14-19-5-1-2-7-25(19)33/h1-13,15,17H,14,16,18H2. The van der Waals surface area contributed by atoms with E-state index in [-0.39, 0.29) is 17.3 Å². The van der Waals surface area contributed by atoms with Gasteiger partial charge in [0.05, 0.1) is 33.0 Å². The summed E-state index contributed by atoms with van der Waals surface area (Å²) < 4.78 is 29.1. The largest absolute Gasteiger partial charge is 0.278 e. The molecule has 38 heavy (non-hydrogen) atoms. The number of halogens is 1. The molecule has 0 bridgehead atoms. The van der Waals surface area contributed by atoms with E-state index >= 15 is 0 Å². The fourth-order valence-electron chi connectivity index (χ4n) is 4.49. The molecule has 0 aliphatic carbocycles. The number of thiazole rings is 1. The van der Waals surface area contributed by atoms with Gasteiger partial charge in [0.1, 0.15) is 0 Å². The number of amides is 1. The van der Waals surface area contributed by atoms with E-state index < -0.39 is 10.0 Å². The summed E-state index contributed by atoms with van der Waals surface area (Å²) in [6.45, 7) is 0.597. The van der Waals surface area contributed by atoms with E-state index in [4.69, 9.17) is 11.6 Å². The van der Waals surface area contributed by atoms with Crippen molar-refractivity contribution in [2.75, 3.05) is 15.7 Å². The van der Waals surface area contributed by atoms with Crippen molar-refractivity contribution in [1.82, 2.24) is 9.97 Å². The first-order chi connectivity index (χ1) is 18.4. The van der Waals surface area contributed by atoms with Crippen LogP contribution >= 0.6 is 22.9 Å². The van der Waals surface area contributed by atoms with Crippen LogP contribution in [0.15, 0.2) is 96.0 Å². The maximum absolute atomic E-state index is 13.8. The molecule has 0 saturated carbocycles. The fourth-order valence-corrected chi connectivity index (χ4v) is 7.23. The highest BCUT2D eigenvalue weighted by molar-refractivity contribution is 7.92. The van der Waals surface area contributed by atoms with Gasteiger partial charge in [-0.3, -0.25) is 19.0 Å². The summed E-state index contributed by atoms with van der Waals surface area (Å²) in [5.41, 5.74) is 3.49. The summed E-state index contributed by atoms with van der Waals surface area (Å²) in [5.74, 6) is -0.309. The number of aromatic nitrogens is 2. The summed E-state index contributed by atoms with van der Waals surface area (Å²) in [6, 6.07) is 24.5. The second kappa shape index (κ2) is 9.83. The number of para-hydroxylation sites is 1. The lowest BCUT2D eigenvalue weighted by molar-refractivity contribution is 0.0984. The van der Waals surface area contributed by atoms with Crippen molar-refractivity contribution in [1.29, 1.82) is 0 Å². The molecule has 0 spiro atoms. The van der Waals surface area contributed by atoms with Crippen LogP contribution in [0.4, 0.5) is 10.8 Å². The van der Waals surface area contributed by atoms with E-state index in [9.17, 15) is 13.2 Å². The number of nitrogens with zero attached hydrogens (tertiary/aromatic N) is 4. The van der Waals surface area contributed by atoms with Crippen molar-refractivity contribution in [2.45, 2.75) is 17.9 Å². The van der Waals surface area contributed by atoms with Gasteiger partial charge in [-0.15, -0.1) is 0 Å². The van der Waals surface area contributed by atoms with Crippen LogP contribution in [0, 0.1) is 0 Å². The Morgan fingerprint density at radius 1 is 1.00 bits per heavy atom. The summed E-state index contributed by atoms with van der Waals surface area (Å²) in [7, 11) is -3.76. The van der Waals surface area contributed by atoms with Gasteiger partial charge in [0.2, 0.25) is 0 Å². The van der Waals surface area contributed by atoms with Crippen molar-refractivity contribution in [3.63, 3.8) is 0 Å². The first-order valence-electron chi connectivity index (χ1n) is 11.9. The van der Waals surface area contributed by atoms with Crippen LogP contribution in [-0.2, 0) is 23.0 Å². The summed E-state index contributed by atoms with van der Waals surface area (Å²) in [4.78, 5) is 24.5. The van der Waals surface area contributed by atoms with Crippen molar-refractivity contribution in [2.24, 2.45) is 0 Å². The minimum Gasteiger partial charge on any atom is -0.278 e. The Morgan fingerprint density at radius 3 is 2.58 bits per heavy atom.